The monoisotopic (exact) mass is 291 g/mol. The molecule has 2 aromatic carbocycles. The highest BCUT2D eigenvalue weighted by Gasteiger charge is 2.06. The van der Waals surface area contributed by atoms with Gasteiger partial charge in [0.05, 0.1) is 0 Å². The standard InChI is InChI=1S/C16H18ClNS/c1-3-18-11-13-10-14(17)8-9-16(13)19-15-7-5-4-6-12(15)2/h4-10,18H,3,11H2,1-2H3. The van der Waals surface area contributed by atoms with Gasteiger partial charge in [-0.15, -0.1) is 0 Å². The smallest absolute Gasteiger partial charge is 0.0410 e. The van der Waals surface area contributed by atoms with E-state index in [9.17, 15) is 0 Å². The minimum atomic E-state index is 0.794. The Morgan fingerprint density at radius 2 is 1.89 bits per heavy atom. The van der Waals surface area contributed by atoms with Crippen LogP contribution in [0.25, 0.3) is 0 Å². The molecule has 19 heavy (non-hydrogen) atoms. The molecular formula is C16H18ClNS. The maximum absolute atomic E-state index is 6.09. The Kier molecular flexibility index (Phi) is 5.32. The van der Waals surface area contributed by atoms with Crippen LogP contribution in [0.2, 0.25) is 5.02 Å². The van der Waals surface area contributed by atoms with Gasteiger partial charge in [-0.05, 0) is 48.9 Å². The zero-order chi connectivity index (χ0) is 13.7. The Morgan fingerprint density at radius 1 is 1.11 bits per heavy atom. The Hall–Kier alpha value is -0.960. The van der Waals surface area contributed by atoms with Gasteiger partial charge in [0.25, 0.3) is 0 Å². The third-order valence-electron chi connectivity index (χ3n) is 2.90. The molecule has 1 N–H and O–H groups in total. The van der Waals surface area contributed by atoms with Crippen LogP contribution in [0.5, 0.6) is 0 Å². The number of halogens is 1. The molecule has 0 aliphatic carbocycles. The molecule has 3 heteroatoms. The van der Waals surface area contributed by atoms with E-state index in [4.69, 9.17) is 11.6 Å². The van der Waals surface area contributed by atoms with Crippen molar-refractivity contribution >= 4 is 23.4 Å². The van der Waals surface area contributed by atoms with Crippen LogP contribution in [0.15, 0.2) is 52.3 Å². The lowest BCUT2D eigenvalue weighted by Crippen LogP contribution is -2.12. The highest BCUT2D eigenvalue weighted by molar-refractivity contribution is 7.99. The van der Waals surface area contributed by atoms with Crippen LogP contribution in [0.4, 0.5) is 0 Å². The van der Waals surface area contributed by atoms with Crippen molar-refractivity contribution in [2.45, 2.75) is 30.2 Å². The summed E-state index contributed by atoms with van der Waals surface area (Å²) < 4.78 is 0. The topological polar surface area (TPSA) is 12.0 Å². The van der Waals surface area contributed by atoms with Gasteiger partial charge in [0, 0.05) is 21.4 Å². The molecule has 1 nitrogen and oxygen atoms in total. The van der Waals surface area contributed by atoms with Crippen LogP contribution in [0.1, 0.15) is 18.1 Å². The first-order chi connectivity index (χ1) is 9.20. The first-order valence-electron chi connectivity index (χ1n) is 6.43. The van der Waals surface area contributed by atoms with Gasteiger partial charge in [-0.25, -0.2) is 0 Å². The van der Waals surface area contributed by atoms with E-state index < -0.39 is 0 Å². The zero-order valence-electron chi connectivity index (χ0n) is 11.2. The van der Waals surface area contributed by atoms with Crippen LogP contribution < -0.4 is 5.32 Å². The van der Waals surface area contributed by atoms with E-state index in [2.05, 4.69) is 49.5 Å². The summed E-state index contributed by atoms with van der Waals surface area (Å²) >= 11 is 7.89. The maximum Gasteiger partial charge on any atom is 0.0410 e. The van der Waals surface area contributed by atoms with Crippen molar-refractivity contribution in [1.82, 2.24) is 5.32 Å². The lowest BCUT2D eigenvalue weighted by molar-refractivity contribution is 0.718. The first kappa shape index (κ1) is 14.4. The summed E-state index contributed by atoms with van der Waals surface area (Å²) in [4.78, 5) is 2.56. The van der Waals surface area contributed by atoms with Gasteiger partial charge in [0.15, 0.2) is 0 Å². The number of hydrogen-bond donors (Lipinski definition) is 1. The van der Waals surface area contributed by atoms with Gasteiger partial charge in [0.2, 0.25) is 0 Å². The third-order valence-corrected chi connectivity index (χ3v) is 4.43. The van der Waals surface area contributed by atoms with Crippen molar-refractivity contribution in [3.8, 4) is 0 Å². The molecule has 0 radical (unpaired) electrons. The minimum absolute atomic E-state index is 0.794. The average Bonchev–Trinajstić information content (AvgIpc) is 2.41. The van der Waals surface area contributed by atoms with Crippen LogP contribution in [0, 0.1) is 6.92 Å². The Balaban J connectivity index is 2.26. The fourth-order valence-corrected chi connectivity index (χ4v) is 3.04. The Bertz CT molecular complexity index is 554. The van der Waals surface area contributed by atoms with Crippen LogP contribution in [-0.2, 0) is 6.54 Å². The molecule has 0 bridgehead atoms. The van der Waals surface area contributed by atoms with E-state index in [1.807, 2.05) is 12.1 Å². The predicted molar refractivity (Wildman–Crippen MR) is 84.1 cm³/mol. The summed E-state index contributed by atoms with van der Waals surface area (Å²) in [5.74, 6) is 0. The molecule has 0 spiro atoms. The highest BCUT2D eigenvalue weighted by atomic mass is 35.5. The highest BCUT2D eigenvalue weighted by Crippen LogP contribution is 2.33. The zero-order valence-corrected chi connectivity index (χ0v) is 12.8. The van der Waals surface area contributed by atoms with Crippen molar-refractivity contribution in [2.75, 3.05) is 6.54 Å². The number of aryl methyl sites for hydroxylation is 1. The summed E-state index contributed by atoms with van der Waals surface area (Å²) in [6, 6.07) is 14.6. The second-order valence-electron chi connectivity index (χ2n) is 4.40. The number of hydrogen-bond acceptors (Lipinski definition) is 2. The fourth-order valence-electron chi connectivity index (χ4n) is 1.83. The lowest BCUT2D eigenvalue weighted by Gasteiger charge is -2.11. The predicted octanol–water partition coefficient (Wildman–Crippen LogP) is 4.91. The number of benzene rings is 2. The van der Waals surface area contributed by atoms with Gasteiger partial charge >= 0.3 is 0 Å². The Morgan fingerprint density at radius 3 is 2.63 bits per heavy atom. The average molecular weight is 292 g/mol. The molecule has 0 aliphatic rings. The molecule has 0 unspecified atom stereocenters. The number of rotatable bonds is 5. The molecule has 0 aliphatic heterocycles. The molecule has 100 valence electrons. The van der Waals surface area contributed by atoms with Gasteiger partial charge in [0.1, 0.15) is 0 Å². The molecule has 0 saturated carbocycles. The van der Waals surface area contributed by atoms with E-state index in [1.165, 1.54) is 20.9 Å². The molecule has 0 atom stereocenters. The van der Waals surface area contributed by atoms with E-state index in [-0.39, 0.29) is 0 Å². The Labute approximate surface area is 124 Å². The summed E-state index contributed by atoms with van der Waals surface area (Å²) in [6.45, 7) is 6.06. The summed E-state index contributed by atoms with van der Waals surface area (Å²) in [5.41, 5.74) is 2.56. The van der Waals surface area contributed by atoms with Gasteiger partial charge in [-0.2, -0.15) is 0 Å². The SMILES string of the molecule is CCNCc1cc(Cl)ccc1Sc1ccccc1C. The van der Waals surface area contributed by atoms with E-state index in [1.54, 1.807) is 11.8 Å². The van der Waals surface area contributed by atoms with Crippen LogP contribution in [0.3, 0.4) is 0 Å². The molecule has 0 fully saturated rings. The van der Waals surface area contributed by atoms with Crippen molar-refractivity contribution in [2.24, 2.45) is 0 Å². The van der Waals surface area contributed by atoms with E-state index >= 15 is 0 Å². The largest absolute Gasteiger partial charge is 0.313 e. The van der Waals surface area contributed by atoms with Crippen molar-refractivity contribution in [1.29, 1.82) is 0 Å². The fraction of sp³-hybridized carbons (Fsp3) is 0.250. The van der Waals surface area contributed by atoms with Crippen LogP contribution >= 0.6 is 23.4 Å². The molecule has 2 aromatic rings. The van der Waals surface area contributed by atoms with Gasteiger partial charge in [-0.1, -0.05) is 48.5 Å². The van der Waals surface area contributed by atoms with Crippen molar-refractivity contribution < 1.29 is 0 Å². The lowest BCUT2D eigenvalue weighted by atomic mass is 10.2. The molecule has 2 rings (SSSR count). The second kappa shape index (κ2) is 6.99. The van der Waals surface area contributed by atoms with Gasteiger partial charge < -0.3 is 5.32 Å². The van der Waals surface area contributed by atoms with Gasteiger partial charge in [-0.3, -0.25) is 0 Å². The summed E-state index contributed by atoms with van der Waals surface area (Å²) in [7, 11) is 0. The normalized spacial score (nSPS) is 10.7. The quantitative estimate of drug-likeness (QED) is 0.840. The summed E-state index contributed by atoms with van der Waals surface area (Å²) in [5, 5.41) is 4.15. The van der Waals surface area contributed by atoms with E-state index in [0.717, 1.165) is 18.1 Å². The first-order valence-corrected chi connectivity index (χ1v) is 7.62. The summed E-state index contributed by atoms with van der Waals surface area (Å²) in [6.07, 6.45) is 0. The maximum atomic E-state index is 6.09. The van der Waals surface area contributed by atoms with Crippen molar-refractivity contribution in [3.63, 3.8) is 0 Å². The molecule has 0 aromatic heterocycles. The number of nitrogens with one attached hydrogen (secondary N) is 1. The molecule has 0 amide bonds. The third kappa shape index (κ3) is 4.00. The molecule has 0 saturated heterocycles. The molecular weight excluding hydrogens is 274 g/mol. The van der Waals surface area contributed by atoms with Crippen molar-refractivity contribution in [3.05, 3.63) is 58.6 Å². The minimum Gasteiger partial charge on any atom is -0.313 e. The van der Waals surface area contributed by atoms with E-state index in [0.29, 0.717) is 0 Å². The molecule has 0 heterocycles. The second-order valence-corrected chi connectivity index (χ2v) is 5.92. The van der Waals surface area contributed by atoms with Crippen LogP contribution in [-0.4, -0.2) is 6.54 Å².